The van der Waals surface area contributed by atoms with Crippen molar-refractivity contribution in [3.8, 4) is 0 Å². The number of nitrogens with one attached hydrogen (secondary N) is 1. The Morgan fingerprint density at radius 3 is 2.46 bits per heavy atom. The molecule has 2 rings (SSSR count). The number of amides is 1. The summed E-state index contributed by atoms with van der Waals surface area (Å²) in [6.45, 7) is 2.69. The number of carbonyl (C=O) groups is 1. The lowest BCUT2D eigenvalue weighted by atomic mass is 10.1. The second kappa shape index (κ2) is 10.5. The molecule has 0 saturated heterocycles. The minimum atomic E-state index is -3.42. The van der Waals surface area contributed by atoms with Crippen molar-refractivity contribution < 1.29 is 13.2 Å². The first-order chi connectivity index (χ1) is 13.2. The average molecular weight is 535 g/mol. The van der Waals surface area contributed by atoms with Gasteiger partial charge in [-0.15, -0.1) is 0 Å². The van der Waals surface area contributed by atoms with Crippen molar-refractivity contribution in [2.75, 3.05) is 23.7 Å². The number of hydrogen-bond donors (Lipinski definition) is 1. The third-order valence-electron chi connectivity index (χ3n) is 4.24. The molecule has 0 heterocycles. The largest absolute Gasteiger partial charge is 0.356 e. The normalized spacial score (nSPS) is 11.3. The van der Waals surface area contributed by atoms with Crippen LogP contribution in [0.4, 0.5) is 5.69 Å². The van der Waals surface area contributed by atoms with E-state index in [1.165, 1.54) is 10.6 Å². The number of halogens is 2. The number of nitrogens with zero attached hydrogens (tertiary/aromatic N) is 1. The molecule has 0 fully saturated rings. The van der Waals surface area contributed by atoms with Gasteiger partial charge in [0.05, 0.1) is 11.9 Å². The summed E-state index contributed by atoms with van der Waals surface area (Å²) < 4.78 is 26.8. The number of anilines is 1. The predicted molar refractivity (Wildman–Crippen MR) is 123 cm³/mol. The van der Waals surface area contributed by atoms with Crippen LogP contribution in [0.5, 0.6) is 0 Å². The Morgan fingerprint density at radius 2 is 1.86 bits per heavy atom. The Bertz CT molecular complexity index is 918. The summed E-state index contributed by atoms with van der Waals surface area (Å²) in [4.78, 5) is 12.1. The fourth-order valence-electron chi connectivity index (χ4n) is 2.83. The molecule has 152 valence electrons. The van der Waals surface area contributed by atoms with Gasteiger partial charge in [-0.3, -0.25) is 9.10 Å². The summed E-state index contributed by atoms with van der Waals surface area (Å²) in [6, 6.07) is 13.1. The van der Waals surface area contributed by atoms with E-state index in [1.807, 2.05) is 49.4 Å². The molecule has 0 aliphatic heterocycles. The first-order valence-corrected chi connectivity index (χ1v) is 12.2. The van der Waals surface area contributed by atoms with Crippen molar-refractivity contribution in [2.45, 2.75) is 26.2 Å². The Labute approximate surface area is 185 Å². The molecule has 1 N–H and O–H groups in total. The van der Waals surface area contributed by atoms with Crippen molar-refractivity contribution in [3.05, 3.63) is 62.2 Å². The first kappa shape index (κ1) is 23.0. The highest BCUT2D eigenvalue weighted by atomic mass is 127. The lowest BCUT2D eigenvalue weighted by molar-refractivity contribution is -0.121. The van der Waals surface area contributed by atoms with Gasteiger partial charge in [0.1, 0.15) is 0 Å². The van der Waals surface area contributed by atoms with Crippen LogP contribution in [0.1, 0.15) is 24.0 Å². The van der Waals surface area contributed by atoms with Gasteiger partial charge in [0.2, 0.25) is 15.9 Å². The van der Waals surface area contributed by atoms with E-state index in [4.69, 9.17) is 11.6 Å². The van der Waals surface area contributed by atoms with Gasteiger partial charge in [0.25, 0.3) is 0 Å². The van der Waals surface area contributed by atoms with Crippen molar-refractivity contribution in [1.29, 1.82) is 0 Å². The Kier molecular flexibility index (Phi) is 8.57. The summed E-state index contributed by atoms with van der Waals surface area (Å²) in [5.41, 5.74) is 2.65. The molecular weight excluding hydrogens is 511 g/mol. The molecule has 2 aromatic carbocycles. The molecule has 0 atom stereocenters. The monoisotopic (exact) mass is 534 g/mol. The lowest BCUT2D eigenvalue weighted by Gasteiger charge is -2.24. The fourth-order valence-corrected chi connectivity index (χ4v) is 4.63. The summed E-state index contributed by atoms with van der Waals surface area (Å²) in [5, 5.41) is 3.56. The van der Waals surface area contributed by atoms with E-state index in [1.54, 1.807) is 0 Å². The molecule has 0 aliphatic carbocycles. The van der Waals surface area contributed by atoms with Gasteiger partial charge in [-0.25, -0.2) is 8.42 Å². The Morgan fingerprint density at radius 1 is 1.18 bits per heavy atom. The van der Waals surface area contributed by atoms with E-state index in [0.29, 0.717) is 23.7 Å². The average Bonchev–Trinajstić information content (AvgIpc) is 2.60. The van der Waals surface area contributed by atoms with Crippen LogP contribution in [0.25, 0.3) is 0 Å². The van der Waals surface area contributed by atoms with Gasteiger partial charge < -0.3 is 5.32 Å². The number of benzene rings is 2. The molecule has 0 bridgehead atoms. The predicted octanol–water partition coefficient (Wildman–Crippen LogP) is 4.16. The third kappa shape index (κ3) is 7.25. The van der Waals surface area contributed by atoms with Crippen LogP contribution in [-0.4, -0.2) is 33.7 Å². The van der Waals surface area contributed by atoms with Crippen LogP contribution < -0.4 is 9.62 Å². The number of sulfonamides is 1. The molecule has 0 spiro atoms. The highest BCUT2D eigenvalue weighted by molar-refractivity contribution is 14.1. The van der Waals surface area contributed by atoms with E-state index >= 15 is 0 Å². The minimum Gasteiger partial charge on any atom is -0.356 e. The number of carbonyl (C=O) groups excluding carboxylic acids is 1. The van der Waals surface area contributed by atoms with Crippen molar-refractivity contribution in [1.82, 2.24) is 5.32 Å². The zero-order valence-corrected chi connectivity index (χ0v) is 19.6. The highest BCUT2D eigenvalue weighted by Gasteiger charge is 2.19. The van der Waals surface area contributed by atoms with Crippen molar-refractivity contribution >= 4 is 55.8 Å². The maximum atomic E-state index is 12.2. The lowest BCUT2D eigenvalue weighted by Crippen LogP contribution is -2.33. The van der Waals surface area contributed by atoms with E-state index in [9.17, 15) is 13.2 Å². The smallest absolute Gasteiger partial charge is 0.232 e. The van der Waals surface area contributed by atoms with E-state index < -0.39 is 10.0 Å². The summed E-state index contributed by atoms with van der Waals surface area (Å²) >= 11 is 8.05. The second-order valence-corrected chi connectivity index (χ2v) is 10.2. The standard InChI is InChI=1S/C20H24ClIN2O3S/c1-15-14-18(22)9-10-19(15)24(28(2,26)27)13-3-4-20(25)23-12-11-16-5-7-17(21)8-6-16/h5-10,14H,3-4,11-13H2,1-2H3,(H,23,25). The quantitative estimate of drug-likeness (QED) is 0.492. The Hall–Kier alpha value is -1.32. The van der Waals surface area contributed by atoms with Crippen LogP contribution in [0.15, 0.2) is 42.5 Å². The summed E-state index contributed by atoms with van der Waals surface area (Å²) in [7, 11) is -3.42. The molecule has 5 nitrogen and oxygen atoms in total. The molecule has 8 heteroatoms. The molecule has 1 amide bonds. The van der Waals surface area contributed by atoms with Crippen LogP contribution in [-0.2, 0) is 21.2 Å². The van der Waals surface area contributed by atoms with Gasteiger partial charge >= 0.3 is 0 Å². The Balaban J connectivity index is 1.84. The fraction of sp³-hybridized carbons (Fsp3) is 0.350. The van der Waals surface area contributed by atoms with Gasteiger partial charge in [-0.2, -0.15) is 0 Å². The topological polar surface area (TPSA) is 66.5 Å². The molecule has 0 saturated carbocycles. The van der Waals surface area contributed by atoms with Crippen molar-refractivity contribution in [2.24, 2.45) is 0 Å². The zero-order chi connectivity index (χ0) is 20.7. The van der Waals surface area contributed by atoms with E-state index in [0.717, 1.165) is 21.1 Å². The van der Waals surface area contributed by atoms with Crippen LogP contribution in [0.3, 0.4) is 0 Å². The molecule has 0 radical (unpaired) electrons. The SMILES string of the molecule is Cc1cc(I)ccc1N(CCCC(=O)NCCc1ccc(Cl)cc1)S(C)(=O)=O. The summed E-state index contributed by atoms with van der Waals surface area (Å²) in [6.07, 6.45) is 2.64. The zero-order valence-electron chi connectivity index (χ0n) is 15.9. The van der Waals surface area contributed by atoms with Gasteiger partial charge in [-0.05, 0) is 83.8 Å². The maximum absolute atomic E-state index is 12.2. The minimum absolute atomic E-state index is 0.0817. The second-order valence-electron chi connectivity index (χ2n) is 6.60. The number of rotatable bonds is 9. The van der Waals surface area contributed by atoms with Gasteiger partial charge in [0, 0.05) is 28.1 Å². The first-order valence-electron chi connectivity index (χ1n) is 8.92. The van der Waals surface area contributed by atoms with Crippen LogP contribution >= 0.6 is 34.2 Å². The third-order valence-corrected chi connectivity index (χ3v) is 6.34. The van der Waals surface area contributed by atoms with Crippen LogP contribution in [0, 0.1) is 10.5 Å². The number of hydrogen-bond acceptors (Lipinski definition) is 3. The molecule has 2 aromatic rings. The summed E-state index contributed by atoms with van der Waals surface area (Å²) in [5.74, 6) is -0.0817. The molecule has 0 aliphatic rings. The highest BCUT2D eigenvalue weighted by Crippen LogP contribution is 2.24. The van der Waals surface area contributed by atoms with Crippen molar-refractivity contribution in [3.63, 3.8) is 0 Å². The van der Waals surface area contributed by atoms with Gasteiger partial charge in [-0.1, -0.05) is 23.7 Å². The number of aryl methyl sites for hydroxylation is 1. The van der Waals surface area contributed by atoms with Crippen LogP contribution in [0.2, 0.25) is 5.02 Å². The van der Waals surface area contributed by atoms with E-state index in [-0.39, 0.29) is 18.9 Å². The van der Waals surface area contributed by atoms with Gasteiger partial charge in [0.15, 0.2) is 0 Å². The molecular formula is C20H24ClIN2O3S. The van der Waals surface area contributed by atoms with E-state index in [2.05, 4.69) is 27.9 Å². The molecule has 0 unspecified atom stereocenters. The maximum Gasteiger partial charge on any atom is 0.232 e. The molecule has 28 heavy (non-hydrogen) atoms. The molecule has 0 aromatic heterocycles.